The van der Waals surface area contributed by atoms with Crippen molar-refractivity contribution in [2.75, 3.05) is 25.9 Å². The number of hydrogen-bond donors (Lipinski definition) is 3. The number of aromatic carboxylic acids is 1. The van der Waals surface area contributed by atoms with E-state index in [9.17, 15) is 9.59 Å². The SMILES string of the molecule is CCOC(=O)CNC.Nc1c(I)cc(I)c(C(=O)O)c1I. The molecule has 0 atom stereocenters. The second kappa shape index (κ2) is 10.8. The quantitative estimate of drug-likeness (QED) is 0.268. The highest BCUT2D eigenvalue weighted by molar-refractivity contribution is 14.1. The first-order chi connectivity index (χ1) is 9.76. The van der Waals surface area contributed by atoms with Gasteiger partial charge in [0.1, 0.15) is 0 Å². The molecule has 6 nitrogen and oxygen atoms in total. The van der Waals surface area contributed by atoms with Gasteiger partial charge >= 0.3 is 11.9 Å². The van der Waals surface area contributed by atoms with Gasteiger partial charge < -0.3 is 20.9 Å². The van der Waals surface area contributed by atoms with Crippen LogP contribution in [0.1, 0.15) is 17.3 Å². The van der Waals surface area contributed by atoms with E-state index < -0.39 is 5.97 Å². The Bertz CT molecular complexity index is 516. The second-order valence-electron chi connectivity index (χ2n) is 3.58. The summed E-state index contributed by atoms with van der Waals surface area (Å²) in [6.45, 7) is 2.54. The van der Waals surface area contributed by atoms with E-state index in [2.05, 4.69) is 32.6 Å². The maximum Gasteiger partial charge on any atom is 0.337 e. The molecule has 0 spiro atoms. The van der Waals surface area contributed by atoms with Gasteiger partial charge in [-0.25, -0.2) is 4.79 Å². The number of carbonyl (C=O) groups excluding carboxylic acids is 1. The van der Waals surface area contributed by atoms with E-state index in [1.54, 1.807) is 20.0 Å². The summed E-state index contributed by atoms with van der Waals surface area (Å²) in [4.78, 5) is 21.2. The molecule has 21 heavy (non-hydrogen) atoms. The minimum atomic E-state index is -0.933. The monoisotopic (exact) mass is 632 g/mol. The maximum atomic E-state index is 10.8. The largest absolute Gasteiger partial charge is 0.478 e. The normalized spacial score (nSPS) is 9.57. The molecular formula is C12H15I3N2O4. The van der Waals surface area contributed by atoms with Crippen LogP contribution in [0.5, 0.6) is 0 Å². The van der Waals surface area contributed by atoms with Gasteiger partial charge in [0.25, 0.3) is 0 Å². The first-order valence-electron chi connectivity index (χ1n) is 5.72. The third kappa shape index (κ3) is 7.27. The van der Waals surface area contributed by atoms with Crippen molar-refractivity contribution in [3.8, 4) is 0 Å². The molecule has 0 aliphatic heterocycles. The summed E-state index contributed by atoms with van der Waals surface area (Å²) in [6.07, 6.45) is 0. The summed E-state index contributed by atoms with van der Waals surface area (Å²) < 4.78 is 6.79. The van der Waals surface area contributed by atoms with Crippen LogP contribution in [0.3, 0.4) is 0 Å². The number of carboxylic acid groups (broad SMARTS) is 1. The lowest BCUT2D eigenvalue weighted by Crippen LogP contribution is -2.20. The van der Waals surface area contributed by atoms with Gasteiger partial charge in [-0.15, -0.1) is 0 Å². The van der Waals surface area contributed by atoms with Gasteiger partial charge in [-0.2, -0.15) is 0 Å². The van der Waals surface area contributed by atoms with Crippen molar-refractivity contribution in [3.05, 3.63) is 22.3 Å². The molecule has 0 aliphatic carbocycles. The fourth-order valence-corrected chi connectivity index (χ4v) is 4.99. The standard InChI is InChI=1S/C7H4I3NO2.C5H11NO2/c8-2-1-3(9)6(11)5(10)4(2)7(12)13;1-3-8-5(7)4-6-2/h1H,11H2,(H,12,13);6H,3-4H2,1-2H3. The van der Waals surface area contributed by atoms with Crippen molar-refractivity contribution >= 4 is 85.4 Å². The summed E-state index contributed by atoms with van der Waals surface area (Å²) in [5.41, 5.74) is 6.54. The molecule has 0 amide bonds. The number of carbonyl (C=O) groups is 2. The molecule has 0 fully saturated rings. The molecule has 0 aliphatic rings. The molecule has 0 saturated carbocycles. The van der Waals surface area contributed by atoms with Crippen molar-refractivity contribution in [2.45, 2.75) is 6.92 Å². The number of anilines is 1. The summed E-state index contributed by atoms with van der Waals surface area (Å²) in [5, 5.41) is 11.6. The number of nitrogens with one attached hydrogen (secondary N) is 1. The predicted molar refractivity (Wildman–Crippen MR) is 107 cm³/mol. The van der Waals surface area contributed by atoms with E-state index in [1.807, 2.05) is 45.2 Å². The Labute approximate surface area is 164 Å². The predicted octanol–water partition coefficient (Wildman–Crippen LogP) is 2.55. The van der Waals surface area contributed by atoms with Crippen LogP contribution < -0.4 is 11.1 Å². The van der Waals surface area contributed by atoms with Crippen LogP contribution in [0.25, 0.3) is 0 Å². The van der Waals surface area contributed by atoms with Gasteiger partial charge in [0.2, 0.25) is 0 Å². The fraction of sp³-hybridized carbons (Fsp3) is 0.333. The highest BCUT2D eigenvalue weighted by Crippen LogP contribution is 2.29. The number of hydrogen-bond acceptors (Lipinski definition) is 5. The lowest BCUT2D eigenvalue weighted by atomic mass is 10.2. The number of benzene rings is 1. The Morgan fingerprint density at radius 2 is 1.90 bits per heavy atom. The molecule has 4 N–H and O–H groups in total. The molecule has 1 aromatic carbocycles. The summed E-state index contributed by atoms with van der Waals surface area (Å²) >= 11 is 6.04. The van der Waals surface area contributed by atoms with Gasteiger partial charge in [0.15, 0.2) is 0 Å². The van der Waals surface area contributed by atoms with Crippen molar-refractivity contribution < 1.29 is 19.4 Å². The van der Waals surface area contributed by atoms with Gasteiger partial charge in [0, 0.05) is 7.14 Å². The van der Waals surface area contributed by atoms with Crippen molar-refractivity contribution in [2.24, 2.45) is 0 Å². The minimum Gasteiger partial charge on any atom is -0.478 e. The third-order valence-electron chi connectivity index (χ3n) is 2.05. The highest BCUT2D eigenvalue weighted by atomic mass is 127. The van der Waals surface area contributed by atoms with Crippen LogP contribution in [0.15, 0.2) is 6.07 Å². The molecule has 0 radical (unpaired) electrons. The van der Waals surface area contributed by atoms with E-state index >= 15 is 0 Å². The van der Waals surface area contributed by atoms with Crippen LogP contribution >= 0.6 is 67.8 Å². The lowest BCUT2D eigenvalue weighted by Gasteiger charge is -2.07. The smallest absolute Gasteiger partial charge is 0.337 e. The van der Waals surface area contributed by atoms with Crippen LogP contribution in [0, 0.1) is 10.7 Å². The molecule has 1 aromatic rings. The van der Waals surface area contributed by atoms with Gasteiger partial charge in [-0.1, -0.05) is 0 Å². The fourth-order valence-electron chi connectivity index (χ4n) is 1.16. The first kappa shape index (κ1) is 21.1. The second-order valence-corrected chi connectivity index (χ2v) is 6.99. The Morgan fingerprint density at radius 3 is 2.33 bits per heavy atom. The maximum absolute atomic E-state index is 10.8. The van der Waals surface area contributed by atoms with Crippen LogP contribution in [-0.4, -0.2) is 37.2 Å². The minimum absolute atomic E-state index is 0.199. The van der Waals surface area contributed by atoms with Crippen LogP contribution in [-0.2, 0) is 9.53 Å². The first-order valence-corrected chi connectivity index (χ1v) is 8.96. The van der Waals surface area contributed by atoms with E-state index in [0.717, 1.165) is 3.57 Å². The number of nitrogen functional groups attached to an aromatic ring is 1. The zero-order chi connectivity index (χ0) is 16.6. The Kier molecular flexibility index (Phi) is 10.8. The zero-order valence-corrected chi connectivity index (χ0v) is 17.8. The van der Waals surface area contributed by atoms with Gasteiger partial charge in [-0.05, 0) is 87.8 Å². The van der Waals surface area contributed by atoms with Crippen LogP contribution in [0.2, 0.25) is 0 Å². The number of nitrogens with two attached hydrogens (primary N) is 1. The zero-order valence-electron chi connectivity index (χ0n) is 11.4. The summed E-state index contributed by atoms with van der Waals surface area (Å²) in [7, 11) is 1.71. The Morgan fingerprint density at radius 1 is 1.33 bits per heavy atom. The molecule has 118 valence electrons. The lowest BCUT2D eigenvalue weighted by molar-refractivity contribution is -0.141. The Hall–Kier alpha value is 0.110. The molecular weight excluding hydrogens is 617 g/mol. The number of esters is 1. The molecule has 1 rings (SSSR count). The number of halogens is 3. The average molecular weight is 632 g/mol. The molecule has 0 bridgehead atoms. The third-order valence-corrected chi connectivity index (χ3v) is 4.91. The molecule has 0 aromatic heterocycles. The van der Waals surface area contributed by atoms with Crippen molar-refractivity contribution in [3.63, 3.8) is 0 Å². The van der Waals surface area contributed by atoms with Crippen molar-refractivity contribution in [1.82, 2.24) is 5.32 Å². The van der Waals surface area contributed by atoms with Gasteiger partial charge in [0.05, 0.1) is 28.0 Å². The molecule has 0 saturated heterocycles. The van der Waals surface area contributed by atoms with E-state index in [4.69, 9.17) is 10.8 Å². The van der Waals surface area contributed by atoms with Gasteiger partial charge in [-0.3, -0.25) is 4.79 Å². The van der Waals surface area contributed by atoms with E-state index in [0.29, 0.717) is 31.5 Å². The van der Waals surface area contributed by atoms with E-state index in [1.165, 1.54) is 0 Å². The topological polar surface area (TPSA) is 102 Å². The summed E-state index contributed by atoms with van der Waals surface area (Å²) in [6, 6.07) is 1.77. The Balaban J connectivity index is 0.000000433. The number of ether oxygens (including phenoxy) is 1. The van der Waals surface area contributed by atoms with Crippen LogP contribution in [0.4, 0.5) is 5.69 Å². The number of likely N-dealkylation sites (N-methyl/N-ethyl adjacent to an activating group) is 1. The molecule has 0 unspecified atom stereocenters. The van der Waals surface area contributed by atoms with Crippen molar-refractivity contribution in [1.29, 1.82) is 0 Å². The van der Waals surface area contributed by atoms with E-state index in [-0.39, 0.29) is 5.97 Å². The molecule has 9 heteroatoms. The summed E-state index contributed by atoms with van der Waals surface area (Å²) in [5.74, 6) is -1.13. The molecule has 0 heterocycles. The number of carboxylic acids is 1. The average Bonchev–Trinajstić information content (AvgIpc) is 2.37. The highest BCUT2D eigenvalue weighted by Gasteiger charge is 2.17. The number of rotatable bonds is 4.